The van der Waals surface area contributed by atoms with Crippen LogP contribution in [0.4, 0.5) is 8.78 Å². The highest BCUT2D eigenvalue weighted by Gasteiger charge is 2.55. The molecule has 0 unspecified atom stereocenters. The van der Waals surface area contributed by atoms with Gasteiger partial charge in [0.15, 0.2) is 0 Å². The Labute approximate surface area is 162 Å². The molecule has 4 aliphatic heterocycles. The number of hydrogen-bond acceptors (Lipinski definition) is 3. The van der Waals surface area contributed by atoms with Crippen LogP contribution in [0.15, 0.2) is 30.5 Å². The standard InChI is InChI=1S/C21H24F2N4O/c1-2-26-8-5-18(24-26)21(28)27-12-17(14-9-15(22)11-16(23)10-14)20-19(27)13-3-6-25(20)7-4-13/h5,8-11,13,17,19-20H,2-4,6-7,12H2,1H3/t17-,19+,20+/m1/s1. The molecule has 4 aliphatic rings. The van der Waals surface area contributed by atoms with Crippen LogP contribution >= 0.6 is 0 Å². The van der Waals surface area contributed by atoms with E-state index >= 15 is 0 Å². The van der Waals surface area contributed by atoms with Crippen LogP contribution in [0.25, 0.3) is 0 Å². The summed E-state index contributed by atoms with van der Waals surface area (Å²) in [6, 6.07) is 5.71. The Morgan fingerprint density at radius 2 is 1.86 bits per heavy atom. The fourth-order valence-electron chi connectivity index (χ4n) is 5.54. The van der Waals surface area contributed by atoms with Crippen molar-refractivity contribution in [2.24, 2.45) is 5.92 Å². The van der Waals surface area contributed by atoms with Gasteiger partial charge in [-0.05, 0) is 62.5 Å². The number of rotatable bonds is 3. The first-order chi connectivity index (χ1) is 13.5. The van der Waals surface area contributed by atoms with Crippen LogP contribution in [0.1, 0.15) is 41.7 Å². The molecule has 0 aliphatic carbocycles. The molecule has 0 radical (unpaired) electrons. The second-order valence-electron chi connectivity index (χ2n) is 8.18. The molecule has 0 spiro atoms. The lowest BCUT2D eigenvalue weighted by Gasteiger charge is -2.51. The predicted molar refractivity (Wildman–Crippen MR) is 99.9 cm³/mol. The molecule has 148 valence electrons. The van der Waals surface area contributed by atoms with Gasteiger partial charge in [-0.15, -0.1) is 0 Å². The van der Waals surface area contributed by atoms with Gasteiger partial charge in [0.2, 0.25) is 0 Å². The molecule has 4 saturated heterocycles. The average Bonchev–Trinajstić information content (AvgIpc) is 3.34. The van der Waals surface area contributed by atoms with Gasteiger partial charge in [-0.25, -0.2) is 8.78 Å². The summed E-state index contributed by atoms with van der Waals surface area (Å²) in [7, 11) is 0. The van der Waals surface area contributed by atoms with E-state index in [1.165, 1.54) is 12.1 Å². The maximum atomic E-state index is 13.9. The number of likely N-dealkylation sites (tertiary alicyclic amines) is 1. The molecule has 6 rings (SSSR count). The van der Waals surface area contributed by atoms with E-state index in [4.69, 9.17) is 0 Å². The minimum Gasteiger partial charge on any atom is -0.332 e. The lowest BCUT2D eigenvalue weighted by Crippen LogP contribution is -2.60. The zero-order valence-corrected chi connectivity index (χ0v) is 15.9. The topological polar surface area (TPSA) is 41.4 Å². The van der Waals surface area contributed by atoms with Crippen LogP contribution in [0.2, 0.25) is 0 Å². The minimum atomic E-state index is -0.561. The summed E-state index contributed by atoms with van der Waals surface area (Å²) in [6.07, 6.45) is 3.95. The summed E-state index contributed by atoms with van der Waals surface area (Å²) in [4.78, 5) is 17.6. The van der Waals surface area contributed by atoms with E-state index in [0.717, 1.165) is 32.0 Å². The summed E-state index contributed by atoms with van der Waals surface area (Å²) in [6.45, 7) is 5.15. The van der Waals surface area contributed by atoms with Crippen molar-refractivity contribution in [3.8, 4) is 0 Å². The number of carbonyl (C=O) groups excluding carboxylic acids is 1. The molecule has 7 heteroatoms. The Balaban J connectivity index is 1.52. The van der Waals surface area contributed by atoms with E-state index in [1.807, 2.05) is 18.0 Å². The lowest BCUT2D eigenvalue weighted by molar-refractivity contribution is -0.00363. The van der Waals surface area contributed by atoms with Crippen LogP contribution < -0.4 is 0 Å². The van der Waals surface area contributed by atoms with Crippen molar-refractivity contribution in [2.45, 2.75) is 44.3 Å². The van der Waals surface area contributed by atoms with Gasteiger partial charge in [0.1, 0.15) is 17.3 Å². The molecule has 28 heavy (non-hydrogen) atoms. The van der Waals surface area contributed by atoms with Crippen molar-refractivity contribution < 1.29 is 13.6 Å². The second kappa shape index (κ2) is 6.65. The Morgan fingerprint density at radius 1 is 1.14 bits per heavy atom. The van der Waals surface area contributed by atoms with Crippen molar-refractivity contribution in [2.75, 3.05) is 19.6 Å². The monoisotopic (exact) mass is 386 g/mol. The summed E-state index contributed by atoms with van der Waals surface area (Å²) >= 11 is 0. The predicted octanol–water partition coefficient (Wildman–Crippen LogP) is 2.88. The number of carbonyl (C=O) groups is 1. The van der Waals surface area contributed by atoms with E-state index in [0.29, 0.717) is 30.3 Å². The molecular formula is C21H24F2N4O. The van der Waals surface area contributed by atoms with Crippen LogP contribution in [-0.4, -0.2) is 57.2 Å². The highest BCUT2D eigenvalue weighted by atomic mass is 19.1. The van der Waals surface area contributed by atoms with Crippen molar-refractivity contribution in [1.82, 2.24) is 19.6 Å². The zero-order chi connectivity index (χ0) is 19.4. The number of aromatic nitrogens is 2. The molecule has 0 saturated carbocycles. The summed E-state index contributed by atoms with van der Waals surface area (Å²) in [5.41, 5.74) is 1.09. The van der Waals surface area contributed by atoms with Crippen molar-refractivity contribution in [1.29, 1.82) is 0 Å². The average molecular weight is 386 g/mol. The summed E-state index contributed by atoms with van der Waals surface area (Å²) < 4.78 is 29.6. The molecule has 4 fully saturated rings. The van der Waals surface area contributed by atoms with Gasteiger partial charge in [0.25, 0.3) is 5.91 Å². The van der Waals surface area contributed by atoms with Gasteiger partial charge in [-0.3, -0.25) is 14.4 Å². The molecular weight excluding hydrogens is 362 g/mol. The normalized spacial score (nSPS) is 31.2. The number of halogens is 2. The third-order valence-corrected chi connectivity index (χ3v) is 6.75. The Hall–Kier alpha value is -2.28. The first kappa shape index (κ1) is 17.8. The highest BCUT2D eigenvalue weighted by Crippen LogP contribution is 2.47. The van der Waals surface area contributed by atoms with E-state index in [9.17, 15) is 13.6 Å². The molecule has 5 heterocycles. The van der Waals surface area contributed by atoms with Crippen LogP contribution in [0.3, 0.4) is 0 Å². The SMILES string of the molecule is CCn1ccc(C(=O)N2C[C@H](c3cc(F)cc(F)c3)[C@H]3[C@@H]2C2CCN3CC2)n1. The highest BCUT2D eigenvalue weighted by molar-refractivity contribution is 5.93. The number of aryl methyl sites for hydroxylation is 1. The quantitative estimate of drug-likeness (QED) is 0.815. The van der Waals surface area contributed by atoms with Crippen molar-refractivity contribution in [3.63, 3.8) is 0 Å². The third-order valence-electron chi connectivity index (χ3n) is 6.75. The fourth-order valence-corrected chi connectivity index (χ4v) is 5.54. The number of benzene rings is 1. The molecule has 1 aromatic carbocycles. The first-order valence-corrected chi connectivity index (χ1v) is 10.1. The van der Waals surface area contributed by atoms with Crippen LogP contribution in [-0.2, 0) is 6.54 Å². The van der Waals surface area contributed by atoms with Gasteiger partial charge < -0.3 is 4.90 Å². The Kier molecular flexibility index (Phi) is 4.23. The summed E-state index contributed by atoms with van der Waals surface area (Å²) in [5.74, 6) is -0.843. The first-order valence-electron chi connectivity index (χ1n) is 10.1. The van der Waals surface area contributed by atoms with Crippen molar-refractivity contribution in [3.05, 3.63) is 53.4 Å². The molecule has 2 bridgehead atoms. The smallest absolute Gasteiger partial charge is 0.274 e. The lowest BCUT2D eigenvalue weighted by atomic mass is 9.75. The van der Waals surface area contributed by atoms with E-state index in [1.54, 1.807) is 10.7 Å². The van der Waals surface area contributed by atoms with Gasteiger partial charge in [0.05, 0.1) is 6.04 Å². The maximum absolute atomic E-state index is 13.9. The molecule has 2 aromatic rings. The fraction of sp³-hybridized carbons (Fsp3) is 0.524. The molecule has 3 atom stereocenters. The van der Waals surface area contributed by atoms with Gasteiger partial charge in [0, 0.05) is 37.3 Å². The van der Waals surface area contributed by atoms with Crippen LogP contribution in [0, 0.1) is 17.6 Å². The third kappa shape index (κ3) is 2.75. The van der Waals surface area contributed by atoms with E-state index in [-0.39, 0.29) is 23.9 Å². The number of nitrogens with zero attached hydrogens (tertiary/aromatic N) is 4. The van der Waals surface area contributed by atoms with Gasteiger partial charge in [-0.1, -0.05) is 0 Å². The zero-order valence-electron chi connectivity index (χ0n) is 15.9. The number of fused-ring (bicyclic) bond motifs is 2. The Bertz CT molecular complexity index is 885. The number of piperidine rings is 3. The molecule has 0 N–H and O–H groups in total. The number of amides is 1. The molecule has 5 nitrogen and oxygen atoms in total. The molecule has 1 amide bonds. The van der Waals surface area contributed by atoms with Gasteiger partial charge >= 0.3 is 0 Å². The van der Waals surface area contributed by atoms with Crippen LogP contribution in [0.5, 0.6) is 0 Å². The minimum absolute atomic E-state index is 0.0738. The second-order valence-corrected chi connectivity index (χ2v) is 8.18. The van der Waals surface area contributed by atoms with Crippen molar-refractivity contribution >= 4 is 5.91 Å². The summed E-state index contributed by atoms with van der Waals surface area (Å²) in [5, 5.41) is 4.39. The van der Waals surface area contributed by atoms with E-state index in [2.05, 4.69) is 10.00 Å². The number of hydrogen-bond donors (Lipinski definition) is 0. The molecule has 1 aromatic heterocycles. The Morgan fingerprint density at radius 3 is 2.50 bits per heavy atom. The van der Waals surface area contributed by atoms with E-state index < -0.39 is 11.6 Å². The van der Waals surface area contributed by atoms with Gasteiger partial charge in [-0.2, -0.15) is 5.10 Å². The largest absolute Gasteiger partial charge is 0.332 e. The maximum Gasteiger partial charge on any atom is 0.274 e.